The van der Waals surface area contributed by atoms with Crippen molar-refractivity contribution in [2.75, 3.05) is 37.5 Å². The molecule has 14 heteroatoms. The normalized spacial score (nSPS) is 25.1. The monoisotopic (exact) mass is 517 g/mol. The molecule has 0 saturated carbocycles. The molecule has 5 rings (SSSR count). The van der Waals surface area contributed by atoms with Crippen LogP contribution in [0.15, 0.2) is 12.1 Å². The Labute approximate surface area is 210 Å². The molecule has 2 bridgehead atoms. The number of piperidine rings is 2. The Morgan fingerprint density at radius 2 is 1.97 bits per heavy atom. The van der Waals surface area contributed by atoms with Crippen LogP contribution in [0.1, 0.15) is 37.8 Å². The SMILES string of the molecule is COc1cc(Nc2cc(CO)[nH]n2)nc(N(C)C2C[C@H]3CCC[C@@H](C2)N3S(=O)(=O)N2CC(C#N)C2)n1. The Hall–Kier alpha value is -2.99. The van der Waals surface area contributed by atoms with Gasteiger partial charge in [0.2, 0.25) is 11.8 Å². The predicted octanol–water partition coefficient (Wildman–Crippen LogP) is 0.966. The summed E-state index contributed by atoms with van der Waals surface area (Å²) < 4.78 is 35.3. The Bertz CT molecular complexity index is 1230. The number of nitrogens with zero attached hydrogens (tertiary/aromatic N) is 7. The number of rotatable bonds is 8. The third-order valence-corrected chi connectivity index (χ3v) is 9.41. The number of aromatic nitrogens is 4. The van der Waals surface area contributed by atoms with E-state index in [-0.39, 0.29) is 43.7 Å². The van der Waals surface area contributed by atoms with E-state index in [1.807, 2.05) is 11.9 Å². The van der Waals surface area contributed by atoms with Crippen molar-refractivity contribution in [1.82, 2.24) is 28.8 Å². The van der Waals surface area contributed by atoms with E-state index in [0.717, 1.165) is 19.3 Å². The summed E-state index contributed by atoms with van der Waals surface area (Å²) >= 11 is 0. The number of aliphatic hydroxyl groups is 1. The van der Waals surface area contributed by atoms with Crippen LogP contribution in [0.25, 0.3) is 0 Å². The lowest BCUT2D eigenvalue weighted by molar-refractivity contribution is 0.0930. The van der Waals surface area contributed by atoms with Crippen molar-refractivity contribution in [3.05, 3.63) is 17.8 Å². The van der Waals surface area contributed by atoms with Gasteiger partial charge >= 0.3 is 0 Å². The van der Waals surface area contributed by atoms with Crippen LogP contribution in [-0.4, -0.2) is 87.7 Å². The number of anilines is 3. The molecule has 3 aliphatic heterocycles. The van der Waals surface area contributed by atoms with Crippen molar-refractivity contribution in [2.24, 2.45) is 5.92 Å². The van der Waals surface area contributed by atoms with Gasteiger partial charge in [0.25, 0.3) is 10.2 Å². The van der Waals surface area contributed by atoms with E-state index in [1.165, 1.54) is 11.4 Å². The maximum atomic E-state index is 13.4. The van der Waals surface area contributed by atoms with Crippen molar-refractivity contribution >= 4 is 27.8 Å². The zero-order chi connectivity index (χ0) is 25.4. The van der Waals surface area contributed by atoms with Crippen LogP contribution in [0.5, 0.6) is 5.88 Å². The minimum absolute atomic E-state index is 0.0568. The highest BCUT2D eigenvalue weighted by atomic mass is 32.2. The fourth-order valence-corrected chi connectivity index (χ4v) is 7.52. The topological polar surface area (TPSA) is 164 Å². The average Bonchev–Trinajstić information content (AvgIpc) is 3.29. The molecule has 13 nitrogen and oxygen atoms in total. The Kier molecular flexibility index (Phi) is 6.73. The molecular weight excluding hydrogens is 486 g/mol. The van der Waals surface area contributed by atoms with Gasteiger partial charge in [-0.15, -0.1) is 0 Å². The van der Waals surface area contributed by atoms with Crippen LogP contribution in [-0.2, 0) is 16.8 Å². The molecule has 3 aliphatic rings. The van der Waals surface area contributed by atoms with Gasteiger partial charge in [-0.1, -0.05) is 6.42 Å². The van der Waals surface area contributed by atoms with Gasteiger partial charge in [0, 0.05) is 50.4 Å². The predicted molar refractivity (Wildman–Crippen MR) is 131 cm³/mol. The molecule has 0 amide bonds. The van der Waals surface area contributed by atoms with Gasteiger partial charge in [0.1, 0.15) is 5.82 Å². The van der Waals surface area contributed by atoms with Gasteiger partial charge < -0.3 is 20.1 Å². The van der Waals surface area contributed by atoms with Gasteiger partial charge in [0.15, 0.2) is 5.82 Å². The van der Waals surface area contributed by atoms with E-state index in [4.69, 9.17) is 10.00 Å². The molecule has 36 heavy (non-hydrogen) atoms. The zero-order valence-electron chi connectivity index (χ0n) is 20.3. The van der Waals surface area contributed by atoms with Crippen LogP contribution < -0.4 is 15.0 Å². The molecule has 0 spiro atoms. The highest BCUT2D eigenvalue weighted by Crippen LogP contribution is 2.40. The second-order valence-corrected chi connectivity index (χ2v) is 11.4. The maximum Gasteiger partial charge on any atom is 0.282 e. The van der Waals surface area contributed by atoms with Gasteiger partial charge in [-0.25, -0.2) is 0 Å². The number of hydrogen-bond acceptors (Lipinski definition) is 10. The van der Waals surface area contributed by atoms with E-state index in [1.54, 1.807) is 16.4 Å². The standard InChI is InChI=1S/C22H31N9O4S/c1-29(22-25-19(9-21(26-22)35-2)24-20-6-15(13-32)27-28-20)18-7-16-4-3-5-17(8-18)31(16)36(33,34)30-11-14(10-23)12-30/h6,9,14,16-18,32H,3-5,7-8,11-13H2,1-2H3,(H2,24,25,26,27,28)/t16-,17+,18?. The Balaban J connectivity index is 1.34. The van der Waals surface area contributed by atoms with Gasteiger partial charge in [-0.3, -0.25) is 5.10 Å². The number of fused-ring (bicyclic) bond motifs is 2. The van der Waals surface area contributed by atoms with Crippen LogP contribution >= 0.6 is 0 Å². The number of aromatic amines is 1. The summed E-state index contributed by atoms with van der Waals surface area (Å²) in [6.07, 6.45) is 3.97. The average molecular weight is 518 g/mol. The molecule has 0 radical (unpaired) electrons. The van der Waals surface area contributed by atoms with Crippen LogP contribution in [0.3, 0.4) is 0 Å². The summed E-state index contributed by atoms with van der Waals surface area (Å²) in [4.78, 5) is 11.2. The summed E-state index contributed by atoms with van der Waals surface area (Å²) in [5.41, 5.74) is 0.575. The highest BCUT2D eigenvalue weighted by molar-refractivity contribution is 7.86. The Morgan fingerprint density at radius 1 is 1.25 bits per heavy atom. The molecule has 2 aromatic heterocycles. The van der Waals surface area contributed by atoms with Crippen molar-refractivity contribution < 1.29 is 18.3 Å². The lowest BCUT2D eigenvalue weighted by Gasteiger charge is -2.51. The largest absolute Gasteiger partial charge is 0.481 e. The molecule has 5 heterocycles. The summed E-state index contributed by atoms with van der Waals surface area (Å²) in [6.45, 7) is 0.409. The number of ether oxygens (including phenoxy) is 1. The number of H-pyrrole nitrogens is 1. The molecule has 1 unspecified atom stereocenters. The number of hydrogen-bond donors (Lipinski definition) is 3. The minimum Gasteiger partial charge on any atom is -0.481 e. The summed E-state index contributed by atoms with van der Waals surface area (Å²) in [5.74, 6) is 1.63. The number of nitrogens with one attached hydrogen (secondary N) is 2. The first-order valence-corrected chi connectivity index (χ1v) is 13.5. The molecule has 3 fully saturated rings. The van der Waals surface area contributed by atoms with Crippen molar-refractivity contribution in [1.29, 1.82) is 5.26 Å². The number of nitriles is 1. The maximum absolute atomic E-state index is 13.4. The van der Waals surface area contributed by atoms with E-state index >= 15 is 0 Å². The highest BCUT2D eigenvalue weighted by Gasteiger charge is 2.50. The van der Waals surface area contributed by atoms with Crippen LogP contribution in [0.2, 0.25) is 0 Å². The molecular formula is C22H31N9O4S. The van der Waals surface area contributed by atoms with Crippen LogP contribution in [0.4, 0.5) is 17.6 Å². The third kappa shape index (κ3) is 4.59. The lowest BCUT2D eigenvalue weighted by atomic mass is 9.83. The first-order chi connectivity index (χ1) is 17.3. The number of methoxy groups -OCH3 is 1. The molecule has 0 aromatic carbocycles. The first kappa shape index (κ1) is 24.7. The molecule has 3 atom stereocenters. The third-order valence-electron chi connectivity index (χ3n) is 7.33. The van der Waals surface area contributed by atoms with Gasteiger partial charge in [-0.05, 0) is 25.7 Å². The van der Waals surface area contributed by atoms with E-state index < -0.39 is 10.2 Å². The van der Waals surface area contributed by atoms with E-state index in [9.17, 15) is 13.5 Å². The first-order valence-electron chi connectivity index (χ1n) is 12.1. The van der Waals surface area contributed by atoms with Gasteiger partial charge in [0.05, 0.1) is 31.4 Å². The molecule has 3 N–H and O–H groups in total. The molecule has 194 valence electrons. The molecule has 2 aromatic rings. The van der Waals surface area contributed by atoms with Crippen molar-refractivity contribution in [3.63, 3.8) is 0 Å². The summed E-state index contributed by atoms with van der Waals surface area (Å²) in [6, 6.07) is 5.37. The van der Waals surface area contributed by atoms with Crippen molar-refractivity contribution in [2.45, 2.75) is 56.8 Å². The second-order valence-electron chi connectivity index (χ2n) is 9.61. The second kappa shape index (κ2) is 9.81. The van der Waals surface area contributed by atoms with Crippen molar-refractivity contribution in [3.8, 4) is 11.9 Å². The minimum atomic E-state index is -3.59. The van der Waals surface area contributed by atoms with E-state index in [0.29, 0.717) is 42.0 Å². The quantitative estimate of drug-likeness (QED) is 0.459. The molecule has 0 aliphatic carbocycles. The lowest BCUT2D eigenvalue weighted by Crippen LogP contribution is -2.64. The number of aliphatic hydroxyl groups excluding tert-OH is 1. The Morgan fingerprint density at radius 3 is 2.58 bits per heavy atom. The molecule has 3 saturated heterocycles. The van der Waals surface area contributed by atoms with Crippen LogP contribution in [0, 0.1) is 17.2 Å². The fourth-order valence-electron chi connectivity index (χ4n) is 5.38. The van der Waals surface area contributed by atoms with Gasteiger partial charge in [-0.2, -0.15) is 37.4 Å². The summed E-state index contributed by atoms with van der Waals surface area (Å²) in [5, 5.41) is 28.3. The smallest absolute Gasteiger partial charge is 0.282 e. The van der Waals surface area contributed by atoms with E-state index in [2.05, 4.69) is 31.6 Å². The zero-order valence-corrected chi connectivity index (χ0v) is 21.1. The fraction of sp³-hybridized carbons (Fsp3) is 0.636. The summed E-state index contributed by atoms with van der Waals surface area (Å²) in [7, 11) is -0.124.